The minimum absolute atomic E-state index is 0.0567. The minimum atomic E-state index is -0.992. The summed E-state index contributed by atoms with van der Waals surface area (Å²) in [5, 5.41) is 3.31. The molecule has 2 heterocycles. The molecule has 0 bridgehead atoms. The highest BCUT2D eigenvalue weighted by molar-refractivity contribution is 6.00. The van der Waals surface area contributed by atoms with E-state index in [4.69, 9.17) is 0 Å². The predicted molar refractivity (Wildman–Crippen MR) is 134 cm³/mol. The number of amides is 2. The lowest BCUT2D eigenvalue weighted by Crippen LogP contribution is -2.64. The third-order valence-electron chi connectivity index (χ3n) is 7.43. The Morgan fingerprint density at radius 2 is 1.71 bits per heavy atom. The highest BCUT2D eigenvalue weighted by Crippen LogP contribution is 2.34. The van der Waals surface area contributed by atoms with Crippen LogP contribution in [0.2, 0.25) is 0 Å². The van der Waals surface area contributed by atoms with E-state index in [0.29, 0.717) is 18.8 Å². The Morgan fingerprint density at radius 3 is 2.44 bits per heavy atom. The van der Waals surface area contributed by atoms with Crippen LogP contribution in [0.3, 0.4) is 0 Å². The van der Waals surface area contributed by atoms with Crippen LogP contribution in [-0.2, 0) is 17.9 Å². The van der Waals surface area contributed by atoms with Crippen molar-refractivity contribution in [2.45, 2.75) is 70.6 Å². The minimum Gasteiger partial charge on any atom is -0.351 e. The summed E-state index contributed by atoms with van der Waals surface area (Å²) in [5.41, 5.74) is 3.83. The van der Waals surface area contributed by atoms with Gasteiger partial charge >= 0.3 is 0 Å². The zero-order valence-corrected chi connectivity index (χ0v) is 20.1. The highest BCUT2D eigenvalue weighted by atomic mass is 16.2. The number of aryl methyl sites for hydroxylation is 1. The van der Waals surface area contributed by atoms with E-state index in [2.05, 4.69) is 11.4 Å². The van der Waals surface area contributed by atoms with Crippen molar-refractivity contribution in [2.75, 3.05) is 0 Å². The first-order valence-electron chi connectivity index (χ1n) is 12.4. The number of hydrogen-bond acceptors (Lipinski definition) is 2. The van der Waals surface area contributed by atoms with Gasteiger partial charge in [0.1, 0.15) is 11.2 Å². The van der Waals surface area contributed by atoms with Crippen molar-refractivity contribution in [3.05, 3.63) is 83.6 Å². The number of rotatable bonds is 5. The van der Waals surface area contributed by atoms with Gasteiger partial charge in [0.05, 0.1) is 6.54 Å². The molecule has 1 aliphatic heterocycles. The monoisotopic (exact) mass is 455 g/mol. The Kier molecular flexibility index (Phi) is 6.03. The average molecular weight is 456 g/mol. The average Bonchev–Trinajstić information content (AvgIpc) is 3.26. The second kappa shape index (κ2) is 9.13. The lowest BCUT2D eigenvalue weighted by molar-refractivity contribution is -0.134. The summed E-state index contributed by atoms with van der Waals surface area (Å²) >= 11 is 0. The van der Waals surface area contributed by atoms with E-state index >= 15 is 0 Å². The van der Waals surface area contributed by atoms with Crippen molar-refractivity contribution < 1.29 is 9.59 Å². The van der Waals surface area contributed by atoms with Gasteiger partial charge < -0.3 is 14.8 Å². The Hall–Kier alpha value is -3.34. The van der Waals surface area contributed by atoms with Gasteiger partial charge in [0.25, 0.3) is 5.91 Å². The molecule has 5 nitrogen and oxygen atoms in total. The molecule has 34 heavy (non-hydrogen) atoms. The molecule has 1 aliphatic carbocycles. The van der Waals surface area contributed by atoms with Crippen LogP contribution in [0.4, 0.5) is 0 Å². The van der Waals surface area contributed by atoms with Crippen LogP contribution < -0.4 is 5.32 Å². The van der Waals surface area contributed by atoms with Crippen molar-refractivity contribution in [2.24, 2.45) is 0 Å². The Balaban J connectivity index is 1.54. The number of nitrogens with zero attached hydrogens (tertiary/aromatic N) is 2. The molecule has 5 heteroatoms. The molecule has 2 aromatic carbocycles. The van der Waals surface area contributed by atoms with Crippen LogP contribution in [0.15, 0.2) is 66.7 Å². The second-order valence-electron chi connectivity index (χ2n) is 10.0. The molecule has 0 unspecified atom stereocenters. The third kappa shape index (κ3) is 4.15. The van der Waals surface area contributed by atoms with E-state index in [-0.39, 0.29) is 17.9 Å². The fraction of sp³-hybridized carbons (Fsp3) is 0.379. The summed E-state index contributed by atoms with van der Waals surface area (Å²) < 4.78 is 2.03. The summed E-state index contributed by atoms with van der Waals surface area (Å²) in [7, 11) is 0. The fourth-order valence-electron chi connectivity index (χ4n) is 5.46. The number of benzene rings is 2. The van der Waals surface area contributed by atoms with Crippen LogP contribution in [0, 0.1) is 6.92 Å². The van der Waals surface area contributed by atoms with Crippen LogP contribution >= 0.6 is 0 Å². The maximum atomic E-state index is 13.9. The zero-order chi connectivity index (χ0) is 23.7. The van der Waals surface area contributed by atoms with Crippen LogP contribution in [0.25, 0.3) is 11.3 Å². The predicted octanol–water partition coefficient (Wildman–Crippen LogP) is 5.33. The maximum absolute atomic E-state index is 13.9. The molecular weight excluding hydrogens is 422 g/mol. The van der Waals surface area contributed by atoms with Gasteiger partial charge in [-0.05, 0) is 49.9 Å². The molecule has 0 saturated heterocycles. The van der Waals surface area contributed by atoms with Gasteiger partial charge in [0.15, 0.2) is 0 Å². The third-order valence-corrected chi connectivity index (χ3v) is 7.43. The summed E-state index contributed by atoms with van der Waals surface area (Å²) in [5.74, 6) is -0.157. The quantitative estimate of drug-likeness (QED) is 0.566. The summed E-state index contributed by atoms with van der Waals surface area (Å²) in [6, 6.07) is 22.3. The van der Waals surface area contributed by atoms with E-state index in [9.17, 15) is 9.59 Å². The summed E-state index contributed by atoms with van der Waals surface area (Å²) in [4.78, 5) is 29.5. The van der Waals surface area contributed by atoms with Gasteiger partial charge in [0, 0.05) is 18.3 Å². The molecule has 1 saturated carbocycles. The van der Waals surface area contributed by atoms with Crippen molar-refractivity contribution in [1.29, 1.82) is 0 Å². The Labute approximate surface area is 201 Å². The second-order valence-corrected chi connectivity index (χ2v) is 10.0. The molecule has 2 aliphatic rings. The largest absolute Gasteiger partial charge is 0.351 e. The van der Waals surface area contributed by atoms with Gasteiger partial charge in [0.2, 0.25) is 5.91 Å². The maximum Gasteiger partial charge on any atom is 0.271 e. The molecule has 5 rings (SSSR count). The van der Waals surface area contributed by atoms with E-state index in [0.717, 1.165) is 48.1 Å². The van der Waals surface area contributed by atoms with Gasteiger partial charge in [-0.2, -0.15) is 0 Å². The van der Waals surface area contributed by atoms with Crippen molar-refractivity contribution >= 4 is 11.8 Å². The first-order valence-corrected chi connectivity index (χ1v) is 12.4. The normalized spacial score (nSPS) is 20.8. The molecule has 1 atom stereocenters. The molecule has 1 fully saturated rings. The van der Waals surface area contributed by atoms with Crippen molar-refractivity contribution in [3.8, 4) is 11.3 Å². The standard InChI is InChI=1S/C29H33N3O2/c1-21-10-9-11-22(18-21)19-32-27(33)26-17-16-25(23-12-5-3-6-13-23)31(26)20-29(32,2)28(34)30-24-14-7-4-8-15-24/h3,5-6,9-13,16-18,24H,4,7-8,14-15,19-20H2,1-2H3,(H,30,34)/t29-/m0/s1. The van der Waals surface area contributed by atoms with E-state index in [1.54, 1.807) is 4.90 Å². The zero-order valence-electron chi connectivity index (χ0n) is 20.1. The number of carbonyl (C=O) groups is 2. The number of aromatic nitrogens is 1. The fourth-order valence-corrected chi connectivity index (χ4v) is 5.46. The lowest BCUT2D eigenvalue weighted by atomic mass is 9.91. The molecule has 2 amide bonds. The molecule has 0 radical (unpaired) electrons. The smallest absolute Gasteiger partial charge is 0.271 e. The first-order chi connectivity index (χ1) is 16.5. The lowest BCUT2D eigenvalue weighted by Gasteiger charge is -2.45. The van der Waals surface area contributed by atoms with Crippen LogP contribution in [-0.4, -0.2) is 32.9 Å². The Morgan fingerprint density at radius 1 is 0.971 bits per heavy atom. The van der Waals surface area contributed by atoms with E-state index in [1.165, 1.54) is 6.42 Å². The van der Waals surface area contributed by atoms with Gasteiger partial charge in [-0.1, -0.05) is 79.4 Å². The van der Waals surface area contributed by atoms with Crippen molar-refractivity contribution in [3.63, 3.8) is 0 Å². The highest BCUT2D eigenvalue weighted by Gasteiger charge is 2.48. The number of nitrogens with one attached hydrogen (secondary N) is 1. The Bertz CT molecular complexity index is 1190. The molecule has 176 valence electrons. The molecule has 0 spiro atoms. The molecule has 1 N–H and O–H groups in total. The number of fused-ring (bicyclic) bond motifs is 1. The van der Waals surface area contributed by atoms with Gasteiger partial charge in [-0.25, -0.2) is 0 Å². The summed E-state index contributed by atoms with van der Waals surface area (Å²) in [6.07, 6.45) is 5.55. The number of carbonyl (C=O) groups excluding carboxylic acids is 2. The van der Waals surface area contributed by atoms with Crippen LogP contribution in [0.5, 0.6) is 0 Å². The topological polar surface area (TPSA) is 54.3 Å². The van der Waals surface area contributed by atoms with E-state index < -0.39 is 5.54 Å². The molecule has 1 aromatic heterocycles. The van der Waals surface area contributed by atoms with E-state index in [1.807, 2.05) is 79.1 Å². The molecular formula is C29H33N3O2. The number of hydrogen-bond donors (Lipinski definition) is 1. The summed E-state index contributed by atoms with van der Waals surface area (Å²) in [6.45, 7) is 4.81. The first kappa shape index (κ1) is 22.5. The van der Waals surface area contributed by atoms with Gasteiger partial charge in [-0.3, -0.25) is 9.59 Å². The van der Waals surface area contributed by atoms with Crippen LogP contribution in [0.1, 0.15) is 60.6 Å². The molecule has 3 aromatic rings. The van der Waals surface area contributed by atoms with Crippen molar-refractivity contribution in [1.82, 2.24) is 14.8 Å². The van der Waals surface area contributed by atoms with Gasteiger partial charge in [-0.15, -0.1) is 0 Å². The SMILES string of the molecule is Cc1cccc(CN2C(=O)c3ccc(-c4ccccc4)n3C[C@@]2(C)C(=O)NC2CCCCC2)c1.